The van der Waals surface area contributed by atoms with E-state index >= 15 is 0 Å². The standard InChI is InChI=1S/C18H17N3O4S/c1-11-8-9-12(2)14(10-11)16(22)19-18-21-20-17(25-18)13-6-4-5-7-15(13)26(3,23)24/h4-10H,1-3H3,(H,19,21,22). The Morgan fingerprint density at radius 3 is 2.54 bits per heavy atom. The summed E-state index contributed by atoms with van der Waals surface area (Å²) >= 11 is 0. The molecule has 0 saturated heterocycles. The summed E-state index contributed by atoms with van der Waals surface area (Å²) in [7, 11) is -3.46. The first-order valence-corrected chi connectivity index (χ1v) is 9.66. The van der Waals surface area contributed by atoms with Crippen LogP contribution in [-0.2, 0) is 9.84 Å². The first-order valence-electron chi connectivity index (χ1n) is 7.77. The molecule has 0 bridgehead atoms. The average Bonchev–Trinajstić information content (AvgIpc) is 3.04. The molecule has 0 aliphatic heterocycles. The minimum atomic E-state index is -3.46. The van der Waals surface area contributed by atoms with Crippen molar-refractivity contribution in [1.29, 1.82) is 0 Å². The highest BCUT2D eigenvalue weighted by atomic mass is 32.2. The van der Waals surface area contributed by atoms with Crippen molar-refractivity contribution in [3.8, 4) is 11.5 Å². The van der Waals surface area contributed by atoms with Crippen molar-refractivity contribution < 1.29 is 17.6 Å². The van der Waals surface area contributed by atoms with E-state index in [2.05, 4.69) is 15.5 Å². The van der Waals surface area contributed by atoms with E-state index in [0.29, 0.717) is 5.56 Å². The predicted molar refractivity (Wildman–Crippen MR) is 96.7 cm³/mol. The number of benzene rings is 2. The van der Waals surface area contributed by atoms with E-state index in [1.165, 1.54) is 6.07 Å². The van der Waals surface area contributed by atoms with E-state index in [1.807, 2.05) is 26.0 Å². The number of aryl methyl sites for hydroxylation is 2. The van der Waals surface area contributed by atoms with Crippen molar-refractivity contribution in [2.24, 2.45) is 0 Å². The average molecular weight is 371 g/mol. The van der Waals surface area contributed by atoms with Crippen molar-refractivity contribution in [3.05, 3.63) is 59.2 Å². The Bertz CT molecular complexity index is 1090. The fraction of sp³-hybridized carbons (Fsp3) is 0.167. The number of carbonyl (C=O) groups excluding carboxylic acids is 1. The Morgan fingerprint density at radius 2 is 1.81 bits per heavy atom. The molecule has 1 N–H and O–H groups in total. The molecule has 8 heteroatoms. The number of amides is 1. The smallest absolute Gasteiger partial charge is 0.322 e. The van der Waals surface area contributed by atoms with E-state index in [9.17, 15) is 13.2 Å². The third kappa shape index (κ3) is 3.65. The quantitative estimate of drug-likeness (QED) is 0.756. The lowest BCUT2D eigenvalue weighted by Crippen LogP contribution is -2.13. The highest BCUT2D eigenvalue weighted by Crippen LogP contribution is 2.27. The lowest BCUT2D eigenvalue weighted by atomic mass is 10.1. The molecular formula is C18H17N3O4S. The van der Waals surface area contributed by atoms with Crippen LogP contribution < -0.4 is 5.32 Å². The second-order valence-electron chi connectivity index (χ2n) is 5.95. The Hall–Kier alpha value is -3.00. The Kier molecular flexibility index (Phi) is 4.60. The molecule has 1 amide bonds. The molecule has 2 aromatic carbocycles. The zero-order valence-electron chi connectivity index (χ0n) is 14.5. The van der Waals surface area contributed by atoms with Gasteiger partial charge in [-0.15, -0.1) is 5.10 Å². The van der Waals surface area contributed by atoms with Crippen molar-refractivity contribution in [1.82, 2.24) is 10.2 Å². The van der Waals surface area contributed by atoms with Gasteiger partial charge in [0.05, 0.1) is 10.5 Å². The van der Waals surface area contributed by atoms with Crippen LogP contribution >= 0.6 is 0 Å². The molecule has 0 radical (unpaired) electrons. The normalized spacial score (nSPS) is 11.3. The maximum absolute atomic E-state index is 12.4. The van der Waals surface area contributed by atoms with Crippen molar-refractivity contribution >= 4 is 21.8 Å². The molecule has 7 nitrogen and oxygen atoms in total. The molecule has 0 unspecified atom stereocenters. The zero-order valence-corrected chi connectivity index (χ0v) is 15.3. The molecular weight excluding hydrogens is 354 g/mol. The van der Waals surface area contributed by atoms with Crippen LogP contribution in [0.4, 0.5) is 6.01 Å². The number of carbonyl (C=O) groups is 1. The van der Waals surface area contributed by atoms with Gasteiger partial charge in [0.25, 0.3) is 11.8 Å². The minimum Gasteiger partial charge on any atom is -0.403 e. The molecule has 0 aliphatic carbocycles. The van der Waals surface area contributed by atoms with Crippen LogP contribution in [0.15, 0.2) is 51.8 Å². The summed E-state index contributed by atoms with van der Waals surface area (Å²) < 4.78 is 29.3. The largest absolute Gasteiger partial charge is 0.403 e. The molecule has 0 fully saturated rings. The van der Waals surface area contributed by atoms with Crippen molar-refractivity contribution in [2.75, 3.05) is 11.6 Å². The van der Waals surface area contributed by atoms with Gasteiger partial charge in [-0.3, -0.25) is 10.1 Å². The number of hydrogen-bond donors (Lipinski definition) is 1. The van der Waals surface area contributed by atoms with Gasteiger partial charge in [-0.2, -0.15) is 0 Å². The summed E-state index contributed by atoms with van der Waals surface area (Å²) in [6.45, 7) is 3.72. The molecule has 0 saturated carbocycles. The van der Waals surface area contributed by atoms with E-state index < -0.39 is 9.84 Å². The van der Waals surface area contributed by atoms with Gasteiger partial charge in [0.15, 0.2) is 9.84 Å². The second-order valence-corrected chi connectivity index (χ2v) is 7.94. The van der Waals surface area contributed by atoms with Crippen molar-refractivity contribution in [2.45, 2.75) is 18.7 Å². The molecule has 0 aliphatic rings. The van der Waals surface area contributed by atoms with Gasteiger partial charge in [0, 0.05) is 11.8 Å². The number of hydrogen-bond acceptors (Lipinski definition) is 6. The molecule has 3 rings (SSSR count). The fourth-order valence-electron chi connectivity index (χ4n) is 2.49. The lowest BCUT2D eigenvalue weighted by molar-refractivity contribution is 0.102. The van der Waals surface area contributed by atoms with Gasteiger partial charge >= 0.3 is 6.01 Å². The summed E-state index contributed by atoms with van der Waals surface area (Å²) in [4.78, 5) is 12.5. The molecule has 0 spiro atoms. The third-order valence-electron chi connectivity index (χ3n) is 3.80. The number of aromatic nitrogens is 2. The van der Waals surface area contributed by atoms with Gasteiger partial charge in [0.1, 0.15) is 0 Å². The molecule has 0 atom stereocenters. The summed E-state index contributed by atoms with van der Waals surface area (Å²) in [5.74, 6) is -0.361. The van der Waals surface area contributed by atoms with Crippen LogP contribution in [0.2, 0.25) is 0 Å². The Morgan fingerprint density at radius 1 is 1.08 bits per heavy atom. The van der Waals surface area contributed by atoms with Gasteiger partial charge in [-0.05, 0) is 37.6 Å². The summed E-state index contributed by atoms with van der Waals surface area (Å²) in [6.07, 6.45) is 1.10. The number of rotatable bonds is 4. The minimum absolute atomic E-state index is 0.0160. The maximum Gasteiger partial charge on any atom is 0.322 e. The van der Waals surface area contributed by atoms with Crippen LogP contribution in [0.1, 0.15) is 21.5 Å². The van der Waals surface area contributed by atoms with E-state index in [-0.39, 0.29) is 28.3 Å². The van der Waals surface area contributed by atoms with Crippen molar-refractivity contribution in [3.63, 3.8) is 0 Å². The molecule has 3 aromatic rings. The monoisotopic (exact) mass is 371 g/mol. The lowest BCUT2D eigenvalue weighted by Gasteiger charge is -2.06. The summed E-state index contributed by atoms with van der Waals surface area (Å²) in [5.41, 5.74) is 2.56. The topological polar surface area (TPSA) is 102 Å². The molecule has 1 aromatic heterocycles. The molecule has 26 heavy (non-hydrogen) atoms. The van der Waals surface area contributed by atoms with Gasteiger partial charge < -0.3 is 4.42 Å². The highest BCUT2D eigenvalue weighted by molar-refractivity contribution is 7.90. The number of nitrogens with zero attached hydrogens (tertiary/aromatic N) is 2. The number of nitrogens with one attached hydrogen (secondary N) is 1. The maximum atomic E-state index is 12.4. The molecule has 134 valence electrons. The summed E-state index contributed by atoms with van der Waals surface area (Å²) in [5, 5.41) is 10.2. The third-order valence-corrected chi connectivity index (χ3v) is 4.96. The van der Waals surface area contributed by atoms with E-state index in [0.717, 1.165) is 17.4 Å². The van der Waals surface area contributed by atoms with Crippen LogP contribution in [0.25, 0.3) is 11.5 Å². The first-order chi connectivity index (χ1) is 12.3. The summed E-state index contributed by atoms with van der Waals surface area (Å²) in [6, 6.07) is 11.7. The zero-order chi connectivity index (χ0) is 18.9. The van der Waals surface area contributed by atoms with Crippen LogP contribution in [0, 0.1) is 13.8 Å². The van der Waals surface area contributed by atoms with E-state index in [1.54, 1.807) is 24.3 Å². The van der Waals surface area contributed by atoms with Gasteiger partial charge in [-0.25, -0.2) is 8.42 Å². The predicted octanol–water partition coefficient (Wildman–Crippen LogP) is 3.01. The fourth-order valence-corrected chi connectivity index (χ4v) is 3.37. The van der Waals surface area contributed by atoms with Crippen LogP contribution in [0.5, 0.6) is 0 Å². The SMILES string of the molecule is Cc1ccc(C)c(C(=O)Nc2nnc(-c3ccccc3S(C)(=O)=O)o2)c1. The van der Waals surface area contributed by atoms with Gasteiger partial charge in [-0.1, -0.05) is 34.9 Å². The first kappa shape index (κ1) is 17.8. The van der Waals surface area contributed by atoms with Gasteiger partial charge in [0.2, 0.25) is 0 Å². The Balaban J connectivity index is 1.90. The van der Waals surface area contributed by atoms with E-state index in [4.69, 9.17) is 4.42 Å². The van der Waals surface area contributed by atoms with Crippen LogP contribution in [0.3, 0.4) is 0 Å². The highest BCUT2D eigenvalue weighted by Gasteiger charge is 2.20. The number of sulfone groups is 1. The second kappa shape index (κ2) is 6.72. The Labute approximate surface area is 151 Å². The molecule has 1 heterocycles. The van der Waals surface area contributed by atoms with Crippen LogP contribution in [-0.4, -0.2) is 30.8 Å². The number of anilines is 1.